The Bertz CT molecular complexity index is 703. The van der Waals surface area contributed by atoms with E-state index in [1.54, 1.807) is 24.3 Å². The van der Waals surface area contributed by atoms with Crippen LogP contribution in [-0.4, -0.2) is 10.2 Å². The lowest BCUT2D eigenvalue weighted by Crippen LogP contribution is -1.81. The standard InChI is InChI=1S/C16H12O2/c17-14-7-6-12-10-16(18)15(9-13(12)8-14)11-4-2-1-3-5-11/h1-10,17-18H. The fourth-order valence-corrected chi connectivity index (χ4v) is 2.12. The molecule has 0 atom stereocenters. The summed E-state index contributed by atoms with van der Waals surface area (Å²) in [7, 11) is 0. The van der Waals surface area contributed by atoms with Crippen LogP contribution >= 0.6 is 0 Å². The van der Waals surface area contributed by atoms with Gasteiger partial charge in [0.2, 0.25) is 0 Å². The number of rotatable bonds is 1. The summed E-state index contributed by atoms with van der Waals surface area (Å²) in [4.78, 5) is 0. The van der Waals surface area contributed by atoms with Gasteiger partial charge in [0.1, 0.15) is 11.5 Å². The Labute approximate surface area is 105 Å². The van der Waals surface area contributed by atoms with Gasteiger partial charge in [0.05, 0.1) is 0 Å². The van der Waals surface area contributed by atoms with Crippen molar-refractivity contribution in [3.8, 4) is 22.6 Å². The van der Waals surface area contributed by atoms with E-state index in [1.165, 1.54) is 0 Å². The van der Waals surface area contributed by atoms with Gasteiger partial charge in [0.15, 0.2) is 0 Å². The number of benzene rings is 3. The molecule has 3 rings (SSSR count). The maximum Gasteiger partial charge on any atom is 0.124 e. The van der Waals surface area contributed by atoms with E-state index in [0.29, 0.717) is 0 Å². The van der Waals surface area contributed by atoms with Crippen LogP contribution in [-0.2, 0) is 0 Å². The number of aromatic hydroxyl groups is 2. The molecule has 2 N–H and O–H groups in total. The Morgan fingerprint density at radius 2 is 1.44 bits per heavy atom. The van der Waals surface area contributed by atoms with Crippen LogP contribution in [0.15, 0.2) is 60.7 Å². The molecule has 0 aromatic heterocycles. The SMILES string of the molecule is Oc1ccc2cc(O)c(-c3ccccc3)cc2c1. The molecule has 0 aliphatic carbocycles. The van der Waals surface area contributed by atoms with Crippen LogP contribution in [0.5, 0.6) is 11.5 Å². The summed E-state index contributed by atoms with van der Waals surface area (Å²) in [5.41, 5.74) is 1.73. The topological polar surface area (TPSA) is 40.5 Å². The predicted molar refractivity (Wildman–Crippen MR) is 72.7 cm³/mol. The second-order valence-electron chi connectivity index (χ2n) is 4.27. The van der Waals surface area contributed by atoms with Crippen LogP contribution in [0.25, 0.3) is 21.9 Å². The van der Waals surface area contributed by atoms with Crippen LogP contribution in [0.4, 0.5) is 0 Å². The lowest BCUT2D eigenvalue weighted by molar-refractivity contribution is 0.475. The van der Waals surface area contributed by atoms with Crippen molar-refractivity contribution in [3.05, 3.63) is 60.7 Å². The van der Waals surface area contributed by atoms with Crippen LogP contribution in [0.1, 0.15) is 0 Å². The first-order chi connectivity index (χ1) is 8.74. The first kappa shape index (κ1) is 10.7. The molecule has 3 aromatic rings. The highest BCUT2D eigenvalue weighted by molar-refractivity contribution is 5.91. The van der Waals surface area contributed by atoms with Crippen molar-refractivity contribution in [1.82, 2.24) is 0 Å². The van der Waals surface area contributed by atoms with Gasteiger partial charge in [0.25, 0.3) is 0 Å². The molecule has 18 heavy (non-hydrogen) atoms. The van der Waals surface area contributed by atoms with Gasteiger partial charge in [-0.15, -0.1) is 0 Å². The fourth-order valence-electron chi connectivity index (χ4n) is 2.12. The van der Waals surface area contributed by atoms with Gasteiger partial charge < -0.3 is 10.2 Å². The smallest absolute Gasteiger partial charge is 0.124 e. The molecule has 0 unspecified atom stereocenters. The van der Waals surface area contributed by atoms with Crippen LogP contribution in [0, 0.1) is 0 Å². The number of hydrogen-bond acceptors (Lipinski definition) is 2. The summed E-state index contributed by atoms with van der Waals surface area (Å²) in [6.07, 6.45) is 0. The summed E-state index contributed by atoms with van der Waals surface area (Å²) in [5.74, 6) is 0.478. The molecule has 2 nitrogen and oxygen atoms in total. The third kappa shape index (κ3) is 1.78. The number of hydrogen-bond donors (Lipinski definition) is 2. The minimum atomic E-state index is 0.229. The first-order valence-corrected chi connectivity index (χ1v) is 5.75. The second-order valence-corrected chi connectivity index (χ2v) is 4.27. The predicted octanol–water partition coefficient (Wildman–Crippen LogP) is 3.92. The largest absolute Gasteiger partial charge is 0.508 e. The number of fused-ring (bicyclic) bond motifs is 1. The molecule has 0 aliphatic heterocycles. The van der Waals surface area contributed by atoms with E-state index in [2.05, 4.69) is 0 Å². The highest BCUT2D eigenvalue weighted by atomic mass is 16.3. The quantitative estimate of drug-likeness (QED) is 0.672. The van der Waals surface area contributed by atoms with E-state index in [1.807, 2.05) is 36.4 Å². The molecular weight excluding hydrogens is 224 g/mol. The lowest BCUT2D eigenvalue weighted by Gasteiger charge is -2.07. The Hall–Kier alpha value is -2.48. The van der Waals surface area contributed by atoms with Gasteiger partial charge >= 0.3 is 0 Å². The van der Waals surface area contributed by atoms with Crippen molar-refractivity contribution in [1.29, 1.82) is 0 Å². The van der Waals surface area contributed by atoms with Crippen LogP contribution < -0.4 is 0 Å². The molecule has 0 radical (unpaired) electrons. The van der Waals surface area contributed by atoms with Crippen LogP contribution in [0.3, 0.4) is 0 Å². The zero-order valence-electron chi connectivity index (χ0n) is 9.67. The van der Waals surface area contributed by atoms with E-state index in [4.69, 9.17) is 0 Å². The molecule has 0 aliphatic rings. The molecule has 0 amide bonds. The van der Waals surface area contributed by atoms with E-state index >= 15 is 0 Å². The maximum absolute atomic E-state index is 10.1. The van der Waals surface area contributed by atoms with Gasteiger partial charge in [0, 0.05) is 5.56 Å². The minimum absolute atomic E-state index is 0.229. The van der Waals surface area contributed by atoms with Gasteiger partial charge in [-0.3, -0.25) is 0 Å². The first-order valence-electron chi connectivity index (χ1n) is 5.75. The summed E-state index contributed by atoms with van der Waals surface area (Å²) in [6, 6.07) is 18.4. The molecule has 3 aromatic carbocycles. The van der Waals surface area contributed by atoms with Gasteiger partial charge in [-0.2, -0.15) is 0 Å². The second kappa shape index (κ2) is 4.08. The molecule has 0 heterocycles. The average molecular weight is 236 g/mol. The molecule has 0 saturated carbocycles. The third-order valence-corrected chi connectivity index (χ3v) is 3.02. The van der Waals surface area contributed by atoms with Gasteiger partial charge in [-0.1, -0.05) is 36.4 Å². The number of phenols is 2. The Kier molecular flexibility index (Phi) is 2.41. The lowest BCUT2D eigenvalue weighted by atomic mass is 10.00. The van der Waals surface area contributed by atoms with Crippen LogP contribution in [0.2, 0.25) is 0 Å². The minimum Gasteiger partial charge on any atom is -0.508 e. The molecule has 2 heteroatoms. The van der Waals surface area contributed by atoms with Crippen molar-refractivity contribution < 1.29 is 10.2 Å². The van der Waals surface area contributed by atoms with Gasteiger partial charge in [-0.25, -0.2) is 0 Å². The fraction of sp³-hybridized carbons (Fsp3) is 0. The monoisotopic (exact) mass is 236 g/mol. The summed E-state index contributed by atoms with van der Waals surface area (Å²) in [5, 5.41) is 21.4. The van der Waals surface area contributed by atoms with E-state index in [9.17, 15) is 10.2 Å². The molecule has 0 saturated heterocycles. The van der Waals surface area contributed by atoms with Crippen molar-refractivity contribution in [2.75, 3.05) is 0 Å². The zero-order valence-corrected chi connectivity index (χ0v) is 9.67. The number of phenolic OH excluding ortho intramolecular Hbond substituents is 2. The molecule has 0 bridgehead atoms. The average Bonchev–Trinajstić information content (AvgIpc) is 2.39. The molecule has 0 spiro atoms. The highest BCUT2D eigenvalue weighted by Crippen LogP contribution is 2.34. The van der Waals surface area contributed by atoms with Crippen molar-refractivity contribution in [2.24, 2.45) is 0 Å². The van der Waals surface area contributed by atoms with E-state index in [-0.39, 0.29) is 11.5 Å². The van der Waals surface area contributed by atoms with Crippen molar-refractivity contribution in [3.63, 3.8) is 0 Å². The Balaban J connectivity index is 2.27. The molecule has 88 valence electrons. The summed E-state index contributed by atoms with van der Waals surface area (Å²) < 4.78 is 0. The van der Waals surface area contributed by atoms with E-state index in [0.717, 1.165) is 21.9 Å². The van der Waals surface area contributed by atoms with Crippen molar-refractivity contribution in [2.45, 2.75) is 0 Å². The van der Waals surface area contributed by atoms with E-state index < -0.39 is 0 Å². The molecular formula is C16H12O2. The normalized spacial score (nSPS) is 10.7. The Morgan fingerprint density at radius 1 is 0.667 bits per heavy atom. The van der Waals surface area contributed by atoms with Gasteiger partial charge in [-0.05, 0) is 40.6 Å². The summed E-state index contributed by atoms with van der Waals surface area (Å²) >= 11 is 0. The highest BCUT2D eigenvalue weighted by Gasteiger charge is 2.06. The summed E-state index contributed by atoms with van der Waals surface area (Å²) in [6.45, 7) is 0. The Morgan fingerprint density at radius 3 is 2.22 bits per heavy atom. The zero-order chi connectivity index (χ0) is 12.5. The van der Waals surface area contributed by atoms with Crippen molar-refractivity contribution >= 4 is 10.8 Å². The third-order valence-electron chi connectivity index (χ3n) is 3.02. The maximum atomic E-state index is 10.1. The molecule has 0 fully saturated rings.